The average molecular weight is 257 g/mol. The zero-order valence-electron chi connectivity index (χ0n) is 12.3. The van der Waals surface area contributed by atoms with E-state index in [1.807, 2.05) is 0 Å². The molecule has 0 fully saturated rings. The highest BCUT2D eigenvalue weighted by Gasteiger charge is 1.93. The minimum absolute atomic E-state index is 1.37. The topological polar surface area (TPSA) is 0 Å². The lowest BCUT2D eigenvalue weighted by atomic mass is 10.1. The summed E-state index contributed by atoms with van der Waals surface area (Å²) in [6, 6.07) is 0. The van der Waals surface area contributed by atoms with Crippen LogP contribution in [0.5, 0.6) is 0 Å². The van der Waals surface area contributed by atoms with Crippen molar-refractivity contribution in [2.75, 3.05) is 12.3 Å². The van der Waals surface area contributed by atoms with Gasteiger partial charge in [-0.3, -0.25) is 0 Å². The molecule has 0 unspecified atom stereocenters. The molecule has 0 nitrogen and oxygen atoms in total. The van der Waals surface area contributed by atoms with Crippen molar-refractivity contribution >= 4 is 8.58 Å². The standard InChI is InChI=1S/C16H34P/c1-3-5-7-9-10-12-14-16-17-15-13-11-8-6-4-2/h3-16H2,1-2H3. The van der Waals surface area contributed by atoms with E-state index in [1.54, 1.807) is 8.58 Å². The molecule has 0 N–H and O–H groups in total. The van der Waals surface area contributed by atoms with Gasteiger partial charge >= 0.3 is 0 Å². The molecule has 0 aliphatic carbocycles. The molecular formula is C16H34P. The zero-order chi connectivity index (χ0) is 12.6. The fraction of sp³-hybridized carbons (Fsp3) is 1.00. The second kappa shape index (κ2) is 16.4. The van der Waals surface area contributed by atoms with E-state index in [1.165, 1.54) is 89.4 Å². The van der Waals surface area contributed by atoms with Crippen molar-refractivity contribution in [3.8, 4) is 0 Å². The molecule has 103 valence electrons. The minimum atomic E-state index is 1.37. The third-order valence-electron chi connectivity index (χ3n) is 3.34. The molecule has 17 heavy (non-hydrogen) atoms. The Hall–Kier alpha value is 0.430. The van der Waals surface area contributed by atoms with Crippen LogP contribution in [-0.2, 0) is 0 Å². The Labute approximate surface area is 112 Å². The van der Waals surface area contributed by atoms with Gasteiger partial charge in [-0.15, -0.1) is 0 Å². The summed E-state index contributed by atoms with van der Waals surface area (Å²) >= 11 is 0. The summed E-state index contributed by atoms with van der Waals surface area (Å²) in [4.78, 5) is 0. The van der Waals surface area contributed by atoms with Gasteiger partial charge in [-0.2, -0.15) is 0 Å². The monoisotopic (exact) mass is 257 g/mol. The van der Waals surface area contributed by atoms with Crippen LogP contribution in [0.25, 0.3) is 0 Å². The van der Waals surface area contributed by atoms with Crippen LogP contribution >= 0.6 is 8.58 Å². The highest BCUT2D eigenvalue weighted by molar-refractivity contribution is 7.37. The summed E-state index contributed by atoms with van der Waals surface area (Å²) in [6.07, 6.45) is 20.3. The fourth-order valence-corrected chi connectivity index (χ4v) is 3.24. The molecule has 0 aromatic rings. The summed E-state index contributed by atoms with van der Waals surface area (Å²) in [7, 11) is 1.72. The normalized spacial score (nSPS) is 11.6. The highest BCUT2D eigenvalue weighted by atomic mass is 31.1. The van der Waals surface area contributed by atoms with E-state index in [2.05, 4.69) is 13.8 Å². The van der Waals surface area contributed by atoms with E-state index in [0.29, 0.717) is 0 Å². The second-order valence-electron chi connectivity index (χ2n) is 5.21. The van der Waals surface area contributed by atoms with Crippen LogP contribution in [0.1, 0.15) is 90.9 Å². The summed E-state index contributed by atoms with van der Waals surface area (Å²) in [5.74, 6) is 0. The molecule has 0 heterocycles. The van der Waals surface area contributed by atoms with E-state index >= 15 is 0 Å². The van der Waals surface area contributed by atoms with Crippen LogP contribution in [0.2, 0.25) is 0 Å². The largest absolute Gasteiger partial charge is 0.0810 e. The van der Waals surface area contributed by atoms with Crippen molar-refractivity contribution in [1.82, 2.24) is 0 Å². The van der Waals surface area contributed by atoms with Crippen molar-refractivity contribution in [1.29, 1.82) is 0 Å². The molecule has 0 aromatic carbocycles. The molecule has 0 amide bonds. The summed E-state index contributed by atoms with van der Waals surface area (Å²) in [6.45, 7) is 4.58. The van der Waals surface area contributed by atoms with Crippen molar-refractivity contribution < 1.29 is 0 Å². The Kier molecular flexibility index (Phi) is 16.8. The van der Waals surface area contributed by atoms with E-state index in [0.717, 1.165) is 0 Å². The molecule has 0 saturated carbocycles. The molecule has 0 atom stereocenters. The van der Waals surface area contributed by atoms with Gasteiger partial charge in [0.15, 0.2) is 0 Å². The first kappa shape index (κ1) is 17.4. The maximum absolute atomic E-state index is 2.29. The summed E-state index contributed by atoms with van der Waals surface area (Å²) in [5, 5.41) is 0. The average Bonchev–Trinajstić information content (AvgIpc) is 2.35. The molecule has 0 aliphatic rings. The van der Waals surface area contributed by atoms with Gasteiger partial charge in [0, 0.05) is 0 Å². The van der Waals surface area contributed by atoms with Crippen molar-refractivity contribution in [2.45, 2.75) is 90.9 Å². The van der Waals surface area contributed by atoms with Gasteiger partial charge in [0.05, 0.1) is 0 Å². The fourth-order valence-electron chi connectivity index (χ4n) is 2.12. The Balaban J connectivity index is 2.85. The molecule has 1 heteroatoms. The van der Waals surface area contributed by atoms with Crippen molar-refractivity contribution in [3.63, 3.8) is 0 Å². The van der Waals surface area contributed by atoms with E-state index in [9.17, 15) is 0 Å². The predicted octanol–water partition coefficient (Wildman–Crippen LogP) is 6.65. The molecule has 0 spiro atoms. The molecule has 0 rings (SSSR count). The lowest BCUT2D eigenvalue weighted by Gasteiger charge is -2.02. The van der Waals surface area contributed by atoms with Gasteiger partial charge in [0.1, 0.15) is 0 Å². The zero-order valence-corrected chi connectivity index (χ0v) is 13.2. The summed E-state index contributed by atoms with van der Waals surface area (Å²) < 4.78 is 0. The van der Waals surface area contributed by atoms with Crippen molar-refractivity contribution in [3.05, 3.63) is 0 Å². The van der Waals surface area contributed by atoms with E-state index < -0.39 is 0 Å². The van der Waals surface area contributed by atoms with Crippen LogP contribution in [0.4, 0.5) is 0 Å². The highest BCUT2D eigenvalue weighted by Crippen LogP contribution is 2.17. The number of hydrogen-bond donors (Lipinski definition) is 0. The SMILES string of the molecule is CCCCCCCCC[P]CCCCCCC. The lowest BCUT2D eigenvalue weighted by molar-refractivity contribution is 0.603. The van der Waals surface area contributed by atoms with Gasteiger partial charge in [0.2, 0.25) is 0 Å². The van der Waals surface area contributed by atoms with Gasteiger partial charge in [0.25, 0.3) is 0 Å². The number of unbranched alkanes of at least 4 members (excludes halogenated alkanes) is 10. The van der Waals surface area contributed by atoms with Crippen LogP contribution in [0, 0.1) is 0 Å². The third-order valence-corrected chi connectivity index (χ3v) is 4.60. The Morgan fingerprint density at radius 1 is 0.471 bits per heavy atom. The minimum Gasteiger partial charge on any atom is -0.0810 e. The quantitative estimate of drug-likeness (QED) is 0.241. The number of hydrogen-bond acceptors (Lipinski definition) is 0. The summed E-state index contributed by atoms with van der Waals surface area (Å²) in [5.41, 5.74) is 0. The maximum Gasteiger partial charge on any atom is -0.0287 e. The molecule has 0 saturated heterocycles. The van der Waals surface area contributed by atoms with Crippen LogP contribution in [0.3, 0.4) is 0 Å². The first-order valence-electron chi connectivity index (χ1n) is 8.05. The molecule has 0 aromatic heterocycles. The van der Waals surface area contributed by atoms with E-state index in [4.69, 9.17) is 0 Å². The smallest absolute Gasteiger partial charge is 0.0287 e. The first-order valence-corrected chi connectivity index (χ1v) is 9.31. The Morgan fingerprint density at radius 3 is 1.24 bits per heavy atom. The molecular weight excluding hydrogens is 223 g/mol. The number of rotatable bonds is 14. The van der Waals surface area contributed by atoms with Crippen LogP contribution < -0.4 is 0 Å². The first-order chi connectivity index (χ1) is 8.41. The van der Waals surface area contributed by atoms with E-state index in [-0.39, 0.29) is 0 Å². The predicted molar refractivity (Wildman–Crippen MR) is 83.4 cm³/mol. The second-order valence-corrected chi connectivity index (χ2v) is 6.55. The van der Waals surface area contributed by atoms with Gasteiger partial charge in [-0.05, 0) is 25.2 Å². The maximum atomic E-state index is 2.29. The molecule has 0 bridgehead atoms. The van der Waals surface area contributed by atoms with Gasteiger partial charge in [-0.25, -0.2) is 0 Å². The van der Waals surface area contributed by atoms with Gasteiger partial charge < -0.3 is 0 Å². The third kappa shape index (κ3) is 16.4. The molecule has 1 radical (unpaired) electrons. The van der Waals surface area contributed by atoms with Gasteiger partial charge in [-0.1, -0.05) is 86.6 Å². The van der Waals surface area contributed by atoms with Crippen LogP contribution in [-0.4, -0.2) is 12.3 Å². The Bertz CT molecular complexity index is 109. The lowest BCUT2D eigenvalue weighted by Crippen LogP contribution is -1.84. The van der Waals surface area contributed by atoms with Crippen molar-refractivity contribution in [2.24, 2.45) is 0 Å². The van der Waals surface area contributed by atoms with Crippen LogP contribution in [0.15, 0.2) is 0 Å². The molecule has 0 aliphatic heterocycles. The Morgan fingerprint density at radius 2 is 0.824 bits per heavy atom.